The van der Waals surface area contributed by atoms with Crippen LogP contribution in [-0.2, 0) is 4.84 Å². The van der Waals surface area contributed by atoms with Gasteiger partial charge < -0.3 is 9.94 Å². The molecule has 0 fully saturated rings. The van der Waals surface area contributed by atoms with Gasteiger partial charge in [0.05, 0.1) is 12.3 Å². The average Bonchev–Trinajstić information content (AvgIpc) is 2.48. The lowest BCUT2D eigenvalue weighted by Gasteiger charge is -2.28. The molecular weight excluding hydrogens is 154 g/mol. The second-order valence-electron chi connectivity index (χ2n) is 3.66. The Bertz CT molecular complexity index is 189. The minimum atomic E-state index is -0.439. The molecular formula is C9H17NO2. The zero-order valence-electron chi connectivity index (χ0n) is 8.00. The lowest BCUT2D eigenvalue weighted by molar-refractivity contribution is -0.0874. The van der Waals surface area contributed by atoms with Crippen molar-refractivity contribution in [3.05, 3.63) is 0 Å². The van der Waals surface area contributed by atoms with Crippen LogP contribution in [0.1, 0.15) is 33.6 Å². The molecule has 1 rings (SSSR count). The van der Waals surface area contributed by atoms with Crippen LogP contribution in [0.4, 0.5) is 0 Å². The number of hydrogen-bond acceptors (Lipinski definition) is 3. The number of aliphatic hydroxyl groups is 1. The fourth-order valence-corrected chi connectivity index (χ4v) is 1.33. The van der Waals surface area contributed by atoms with E-state index in [1.807, 2.05) is 13.8 Å². The summed E-state index contributed by atoms with van der Waals surface area (Å²) < 4.78 is 0. The largest absolute Gasteiger partial charge is 0.392 e. The molecule has 0 aromatic heterocycles. The van der Waals surface area contributed by atoms with E-state index in [-0.39, 0.29) is 6.61 Å². The highest BCUT2D eigenvalue weighted by Crippen LogP contribution is 2.31. The third kappa shape index (κ3) is 1.46. The molecule has 0 unspecified atom stereocenters. The van der Waals surface area contributed by atoms with Gasteiger partial charge in [-0.25, -0.2) is 0 Å². The molecule has 3 heteroatoms. The van der Waals surface area contributed by atoms with Crippen LogP contribution in [0.15, 0.2) is 5.16 Å². The summed E-state index contributed by atoms with van der Waals surface area (Å²) in [4.78, 5) is 5.29. The summed E-state index contributed by atoms with van der Waals surface area (Å²) in [5.41, 5.74) is 0.614. The smallest absolute Gasteiger partial charge is 0.168 e. The van der Waals surface area contributed by atoms with Crippen LogP contribution in [0.3, 0.4) is 0 Å². The van der Waals surface area contributed by atoms with E-state index < -0.39 is 5.60 Å². The van der Waals surface area contributed by atoms with Gasteiger partial charge in [0.15, 0.2) is 5.60 Å². The maximum absolute atomic E-state index is 9.20. The predicted molar refractivity (Wildman–Crippen MR) is 48.1 cm³/mol. The number of oxime groups is 1. The van der Waals surface area contributed by atoms with Crippen molar-refractivity contribution in [2.75, 3.05) is 6.61 Å². The molecule has 70 valence electrons. The van der Waals surface area contributed by atoms with Gasteiger partial charge in [-0.2, -0.15) is 0 Å². The summed E-state index contributed by atoms with van der Waals surface area (Å²) in [5.74, 6) is 0.301. The van der Waals surface area contributed by atoms with Crippen molar-refractivity contribution >= 4 is 5.71 Å². The molecule has 0 saturated heterocycles. The Morgan fingerprint density at radius 2 is 2.33 bits per heavy atom. The first-order valence-electron chi connectivity index (χ1n) is 4.49. The lowest BCUT2D eigenvalue weighted by Crippen LogP contribution is -2.39. The summed E-state index contributed by atoms with van der Waals surface area (Å²) >= 11 is 0. The quantitative estimate of drug-likeness (QED) is 0.700. The van der Waals surface area contributed by atoms with Gasteiger partial charge >= 0.3 is 0 Å². The Kier molecular flexibility index (Phi) is 2.73. The SMILES string of the molecule is CCC1=NO[C@](CO)(C(C)C)C1. The minimum absolute atomic E-state index is 0.0532. The van der Waals surface area contributed by atoms with Crippen molar-refractivity contribution in [1.82, 2.24) is 0 Å². The van der Waals surface area contributed by atoms with Crippen molar-refractivity contribution in [3.63, 3.8) is 0 Å². The topological polar surface area (TPSA) is 41.8 Å². The standard InChI is InChI=1S/C9H17NO2/c1-4-8-5-9(6-11,7(2)3)12-10-8/h7,11H,4-6H2,1-3H3/t9-/m1/s1. The summed E-state index contributed by atoms with van der Waals surface area (Å²) in [6.45, 7) is 6.20. The van der Waals surface area contributed by atoms with Gasteiger partial charge in [0.2, 0.25) is 0 Å². The second kappa shape index (κ2) is 3.44. The molecule has 0 amide bonds. The predicted octanol–water partition coefficient (Wildman–Crippen LogP) is 1.56. The van der Waals surface area contributed by atoms with E-state index in [1.54, 1.807) is 0 Å². The number of nitrogens with zero attached hydrogens (tertiary/aromatic N) is 1. The molecule has 0 spiro atoms. The molecule has 0 radical (unpaired) electrons. The molecule has 1 aliphatic heterocycles. The molecule has 0 bridgehead atoms. The van der Waals surface area contributed by atoms with E-state index in [1.165, 1.54) is 0 Å². The fraction of sp³-hybridized carbons (Fsp3) is 0.889. The van der Waals surface area contributed by atoms with Gasteiger partial charge in [0.1, 0.15) is 0 Å². The van der Waals surface area contributed by atoms with Crippen molar-refractivity contribution in [2.24, 2.45) is 11.1 Å². The summed E-state index contributed by atoms with van der Waals surface area (Å²) in [7, 11) is 0. The zero-order valence-corrected chi connectivity index (χ0v) is 8.00. The van der Waals surface area contributed by atoms with Crippen LogP contribution in [0, 0.1) is 5.92 Å². The molecule has 1 heterocycles. The Morgan fingerprint density at radius 1 is 1.67 bits per heavy atom. The van der Waals surface area contributed by atoms with E-state index >= 15 is 0 Å². The maximum Gasteiger partial charge on any atom is 0.168 e. The van der Waals surface area contributed by atoms with Gasteiger partial charge in [-0.3, -0.25) is 0 Å². The Labute approximate surface area is 73.4 Å². The summed E-state index contributed by atoms with van der Waals surface area (Å²) in [6.07, 6.45) is 1.69. The van der Waals surface area contributed by atoms with E-state index in [0.29, 0.717) is 5.92 Å². The Hall–Kier alpha value is -0.570. The van der Waals surface area contributed by atoms with Gasteiger partial charge in [-0.15, -0.1) is 0 Å². The monoisotopic (exact) mass is 171 g/mol. The molecule has 0 saturated carbocycles. The lowest BCUT2D eigenvalue weighted by atomic mass is 9.86. The summed E-state index contributed by atoms with van der Waals surface area (Å²) in [5, 5.41) is 13.2. The maximum atomic E-state index is 9.20. The molecule has 3 nitrogen and oxygen atoms in total. The minimum Gasteiger partial charge on any atom is -0.392 e. The number of hydrogen-bond donors (Lipinski definition) is 1. The van der Waals surface area contributed by atoms with Gasteiger partial charge in [0, 0.05) is 6.42 Å². The Balaban J connectivity index is 2.65. The molecule has 1 atom stereocenters. The van der Waals surface area contributed by atoms with Crippen LogP contribution in [-0.4, -0.2) is 23.0 Å². The molecule has 0 aromatic rings. The first-order valence-corrected chi connectivity index (χ1v) is 4.49. The van der Waals surface area contributed by atoms with Gasteiger partial charge in [0.25, 0.3) is 0 Å². The third-order valence-corrected chi connectivity index (χ3v) is 2.59. The van der Waals surface area contributed by atoms with Crippen molar-refractivity contribution in [3.8, 4) is 0 Å². The first kappa shape index (κ1) is 9.52. The first-order chi connectivity index (χ1) is 5.64. The van der Waals surface area contributed by atoms with Crippen LogP contribution in [0.25, 0.3) is 0 Å². The van der Waals surface area contributed by atoms with E-state index in [0.717, 1.165) is 18.6 Å². The molecule has 1 aliphatic rings. The normalized spacial score (nSPS) is 28.9. The zero-order chi connectivity index (χ0) is 9.19. The molecule has 0 aromatic carbocycles. The number of aliphatic hydroxyl groups excluding tert-OH is 1. The van der Waals surface area contributed by atoms with Crippen LogP contribution in [0.5, 0.6) is 0 Å². The second-order valence-corrected chi connectivity index (χ2v) is 3.66. The molecule has 0 aliphatic carbocycles. The fourth-order valence-electron chi connectivity index (χ4n) is 1.33. The van der Waals surface area contributed by atoms with Gasteiger partial charge in [-0.1, -0.05) is 25.9 Å². The van der Waals surface area contributed by atoms with E-state index in [2.05, 4.69) is 12.1 Å². The van der Waals surface area contributed by atoms with Crippen LogP contribution >= 0.6 is 0 Å². The van der Waals surface area contributed by atoms with Gasteiger partial charge in [-0.05, 0) is 12.3 Å². The molecule has 1 N–H and O–H groups in total. The van der Waals surface area contributed by atoms with Crippen LogP contribution < -0.4 is 0 Å². The highest BCUT2D eigenvalue weighted by molar-refractivity contribution is 5.85. The highest BCUT2D eigenvalue weighted by atomic mass is 16.7. The Morgan fingerprint density at radius 3 is 2.58 bits per heavy atom. The number of rotatable bonds is 3. The highest BCUT2D eigenvalue weighted by Gasteiger charge is 2.41. The van der Waals surface area contributed by atoms with E-state index in [4.69, 9.17) is 4.84 Å². The van der Waals surface area contributed by atoms with E-state index in [9.17, 15) is 5.11 Å². The van der Waals surface area contributed by atoms with Crippen LogP contribution in [0.2, 0.25) is 0 Å². The van der Waals surface area contributed by atoms with Crippen molar-refractivity contribution in [2.45, 2.75) is 39.2 Å². The third-order valence-electron chi connectivity index (χ3n) is 2.59. The summed E-state index contributed by atoms with van der Waals surface area (Å²) in [6, 6.07) is 0. The average molecular weight is 171 g/mol. The van der Waals surface area contributed by atoms with Crippen molar-refractivity contribution in [1.29, 1.82) is 0 Å². The van der Waals surface area contributed by atoms with Crippen molar-refractivity contribution < 1.29 is 9.94 Å². The molecule has 12 heavy (non-hydrogen) atoms.